The van der Waals surface area contributed by atoms with E-state index in [-0.39, 0.29) is 48.1 Å². The van der Waals surface area contributed by atoms with Crippen molar-refractivity contribution in [2.45, 2.75) is 115 Å². The van der Waals surface area contributed by atoms with Crippen LogP contribution in [0.3, 0.4) is 0 Å². The summed E-state index contributed by atoms with van der Waals surface area (Å²) in [6.07, 6.45) is 9.68. The summed E-state index contributed by atoms with van der Waals surface area (Å²) in [4.78, 5) is 38.3. The van der Waals surface area contributed by atoms with Gasteiger partial charge < -0.3 is 34.1 Å². The second kappa shape index (κ2) is 14.4. The SMILES string of the molecule is CC(=O)[C@@H]1CCN(C(=O)O[C@@H](C)/C=C\C(=O)CC2C[C@H](C)[C@H](C/C=C(C)/C=C/C3O[C@](C)(CO)C[C@@]4(CO4)[C@@H]3O)O[C@@H]2C)C1. The molecule has 10 atom stereocenters. The first kappa shape index (κ1) is 34.5. The van der Waals surface area contributed by atoms with Crippen LogP contribution in [0.2, 0.25) is 0 Å². The quantitative estimate of drug-likeness (QED) is 0.201. The van der Waals surface area contributed by atoms with Crippen LogP contribution in [0.5, 0.6) is 0 Å². The predicted octanol–water partition coefficient (Wildman–Crippen LogP) is 3.93. The first-order chi connectivity index (χ1) is 20.7. The molecule has 0 radical (unpaired) electrons. The number of nitrogens with zero attached hydrogens (tertiary/aromatic N) is 1. The molecule has 0 aromatic rings. The van der Waals surface area contributed by atoms with Gasteiger partial charge in [-0.2, -0.15) is 0 Å². The first-order valence-corrected chi connectivity index (χ1v) is 16.0. The van der Waals surface area contributed by atoms with E-state index in [1.165, 1.54) is 6.08 Å². The average Bonchev–Trinajstić information content (AvgIpc) is 3.54. The van der Waals surface area contributed by atoms with E-state index in [1.807, 2.05) is 32.9 Å². The minimum atomic E-state index is -0.780. The minimum absolute atomic E-state index is 0.0273. The standard InChI is InChI=1S/C34H51NO9/c1-21(8-12-30-31(39)34(20-41-34)18-33(6,19-36)44-30)7-11-29-22(2)15-27(25(5)43-29)16-28(38)10-9-23(3)42-32(40)35-14-13-26(17-35)24(4)37/h7-10,12,22-23,25-27,29-31,36,39H,11,13-20H2,1-6H3/b10-9-,12-8+,21-7+/t22-,23-,25+,26+,27?,29-,30?,31+,33-,34+/m0/s1. The van der Waals surface area contributed by atoms with E-state index in [4.69, 9.17) is 18.9 Å². The Morgan fingerprint density at radius 3 is 2.55 bits per heavy atom. The number of likely N-dealkylation sites (tertiary alicyclic amines) is 1. The van der Waals surface area contributed by atoms with Gasteiger partial charge in [-0.15, -0.1) is 0 Å². The number of carbonyl (C=O) groups excluding carboxylic acids is 3. The molecule has 0 aromatic heterocycles. The topological polar surface area (TPSA) is 135 Å². The molecule has 4 aliphatic heterocycles. The van der Waals surface area contributed by atoms with Crippen LogP contribution in [0.1, 0.15) is 73.6 Å². The highest BCUT2D eigenvalue weighted by atomic mass is 16.6. The molecule has 4 fully saturated rings. The third-order valence-electron chi connectivity index (χ3n) is 9.70. The fraction of sp³-hybridized carbons (Fsp3) is 0.735. The maximum Gasteiger partial charge on any atom is 0.410 e. The minimum Gasteiger partial charge on any atom is -0.442 e. The largest absolute Gasteiger partial charge is 0.442 e. The normalized spacial score (nSPS) is 38.4. The predicted molar refractivity (Wildman–Crippen MR) is 164 cm³/mol. The van der Waals surface area contributed by atoms with Crippen LogP contribution in [0, 0.1) is 17.8 Å². The molecule has 0 aromatic carbocycles. The van der Waals surface area contributed by atoms with Crippen LogP contribution in [-0.2, 0) is 28.5 Å². The summed E-state index contributed by atoms with van der Waals surface area (Å²) in [5, 5.41) is 20.6. The number of hydrogen-bond acceptors (Lipinski definition) is 9. The molecule has 1 spiro atoms. The highest BCUT2D eigenvalue weighted by Crippen LogP contribution is 2.46. The van der Waals surface area contributed by atoms with Crippen molar-refractivity contribution >= 4 is 17.7 Å². The van der Waals surface area contributed by atoms with Gasteiger partial charge in [-0.3, -0.25) is 9.59 Å². The summed E-state index contributed by atoms with van der Waals surface area (Å²) >= 11 is 0. The van der Waals surface area contributed by atoms with Gasteiger partial charge in [-0.05, 0) is 77.9 Å². The van der Waals surface area contributed by atoms with Crippen molar-refractivity contribution in [1.82, 2.24) is 4.90 Å². The molecule has 0 saturated carbocycles. The molecule has 44 heavy (non-hydrogen) atoms. The number of ether oxygens (including phenoxy) is 4. The van der Waals surface area contributed by atoms with Crippen LogP contribution < -0.4 is 0 Å². The lowest BCUT2D eigenvalue weighted by Crippen LogP contribution is -2.56. The zero-order chi connectivity index (χ0) is 32.2. The Morgan fingerprint density at radius 2 is 1.91 bits per heavy atom. The maximum atomic E-state index is 12.8. The van der Waals surface area contributed by atoms with E-state index in [1.54, 1.807) is 24.8 Å². The second-order valence-corrected chi connectivity index (χ2v) is 13.7. The van der Waals surface area contributed by atoms with Gasteiger partial charge in [0, 0.05) is 31.8 Å². The van der Waals surface area contributed by atoms with Crippen molar-refractivity contribution in [3.63, 3.8) is 0 Å². The van der Waals surface area contributed by atoms with Crippen LogP contribution in [0.4, 0.5) is 4.79 Å². The van der Waals surface area contributed by atoms with Crippen molar-refractivity contribution in [2.75, 3.05) is 26.3 Å². The van der Waals surface area contributed by atoms with E-state index in [9.17, 15) is 24.6 Å². The highest BCUT2D eigenvalue weighted by Gasteiger charge is 2.61. The molecular formula is C34H51NO9. The van der Waals surface area contributed by atoms with E-state index in [0.717, 1.165) is 18.4 Å². The van der Waals surface area contributed by atoms with Gasteiger partial charge in [-0.25, -0.2) is 4.79 Å². The van der Waals surface area contributed by atoms with Crippen molar-refractivity contribution in [2.24, 2.45) is 17.8 Å². The van der Waals surface area contributed by atoms with E-state index in [0.29, 0.717) is 39.0 Å². The van der Waals surface area contributed by atoms with Crippen molar-refractivity contribution in [3.05, 3.63) is 36.0 Å². The highest BCUT2D eigenvalue weighted by molar-refractivity contribution is 5.90. The molecular weight excluding hydrogens is 566 g/mol. The number of ketones is 2. The first-order valence-electron chi connectivity index (χ1n) is 16.0. The second-order valence-electron chi connectivity index (χ2n) is 13.7. The lowest BCUT2D eigenvalue weighted by atomic mass is 9.81. The molecule has 4 saturated heterocycles. The van der Waals surface area contributed by atoms with Crippen molar-refractivity contribution in [1.29, 1.82) is 0 Å². The van der Waals surface area contributed by atoms with Crippen LogP contribution in [-0.4, -0.2) is 101 Å². The fourth-order valence-corrected chi connectivity index (χ4v) is 6.67. The van der Waals surface area contributed by atoms with E-state index in [2.05, 4.69) is 13.0 Å². The monoisotopic (exact) mass is 617 g/mol. The molecule has 4 heterocycles. The molecule has 10 nitrogen and oxygen atoms in total. The molecule has 0 aliphatic carbocycles. The molecule has 1 amide bonds. The number of aliphatic hydroxyl groups excluding tert-OH is 2. The molecule has 2 N–H and O–H groups in total. The Balaban J connectivity index is 1.21. The van der Waals surface area contributed by atoms with Gasteiger partial charge in [0.05, 0.1) is 31.0 Å². The van der Waals surface area contributed by atoms with Gasteiger partial charge in [0.15, 0.2) is 5.78 Å². The van der Waals surface area contributed by atoms with Gasteiger partial charge in [0.25, 0.3) is 0 Å². The summed E-state index contributed by atoms with van der Waals surface area (Å²) in [7, 11) is 0. The molecule has 246 valence electrons. The third-order valence-corrected chi connectivity index (χ3v) is 9.70. The van der Waals surface area contributed by atoms with Crippen molar-refractivity contribution < 1.29 is 43.5 Å². The Morgan fingerprint density at radius 1 is 1.18 bits per heavy atom. The third kappa shape index (κ3) is 8.66. The molecule has 4 rings (SSSR count). The van der Waals surface area contributed by atoms with Gasteiger partial charge in [0.2, 0.25) is 0 Å². The zero-order valence-electron chi connectivity index (χ0n) is 27.1. The Bertz CT molecular complexity index is 1140. The van der Waals surface area contributed by atoms with Crippen LogP contribution >= 0.6 is 0 Å². The number of amides is 1. The summed E-state index contributed by atoms with van der Waals surface area (Å²) in [5.74, 6) is 0.292. The number of hydrogen-bond donors (Lipinski definition) is 2. The number of allylic oxidation sites excluding steroid dienone is 3. The lowest BCUT2D eigenvalue weighted by molar-refractivity contribution is -0.192. The summed E-state index contributed by atoms with van der Waals surface area (Å²) in [5.41, 5.74) is -0.358. The summed E-state index contributed by atoms with van der Waals surface area (Å²) < 4.78 is 23.4. The zero-order valence-corrected chi connectivity index (χ0v) is 27.1. The summed E-state index contributed by atoms with van der Waals surface area (Å²) in [6.45, 7) is 12.5. The van der Waals surface area contributed by atoms with Crippen molar-refractivity contribution in [3.8, 4) is 0 Å². The summed E-state index contributed by atoms with van der Waals surface area (Å²) in [6, 6.07) is 0. The number of epoxide rings is 1. The molecule has 2 unspecified atom stereocenters. The Labute approximate surface area is 261 Å². The number of rotatable bonds is 11. The smallest absolute Gasteiger partial charge is 0.410 e. The van der Waals surface area contributed by atoms with Gasteiger partial charge >= 0.3 is 6.09 Å². The van der Waals surface area contributed by atoms with Gasteiger partial charge in [-0.1, -0.05) is 30.7 Å². The fourth-order valence-electron chi connectivity index (χ4n) is 6.67. The van der Waals surface area contributed by atoms with E-state index >= 15 is 0 Å². The van der Waals surface area contributed by atoms with Gasteiger partial charge in [0.1, 0.15) is 29.7 Å². The average molecular weight is 618 g/mol. The molecule has 4 aliphatic rings. The number of aliphatic hydroxyl groups is 2. The van der Waals surface area contributed by atoms with Crippen LogP contribution in [0.25, 0.3) is 0 Å². The Kier molecular flexibility index (Phi) is 11.3. The number of carbonyl (C=O) groups is 3. The molecule has 10 heteroatoms. The Hall–Kier alpha value is -2.37. The lowest BCUT2D eigenvalue weighted by Gasteiger charge is -2.42. The number of Topliss-reactive ketones (excluding diaryl/α,β-unsaturated/α-hetero) is 1. The maximum absolute atomic E-state index is 12.8. The van der Waals surface area contributed by atoms with E-state index < -0.39 is 35.6 Å². The molecule has 0 bridgehead atoms. The van der Waals surface area contributed by atoms with Crippen LogP contribution in [0.15, 0.2) is 36.0 Å².